The number of thioether (sulfide) groups is 1. The number of amides is 2. The van der Waals surface area contributed by atoms with Crippen LogP contribution in [0.5, 0.6) is 0 Å². The van der Waals surface area contributed by atoms with Gasteiger partial charge in [-0.1, -0.05) is 12.1 Å². The number of imide groups is 1. The number of rotatable bonds is 3. The van der Waals surface area contributed by atoms with Crippen LogP contribution >= 0.6 is 11.8 Å². The van der Waals surface area contributed by atoms with Crippen molar-refractivity contribution in [1.29, 1.82) is 0 Å². The molecule has 0 radical (unpaired) electrons. The lowest BCUT2D eigenvalue weighted by Gasteiger charge is -2.19. The molecule has 0 saturated carbocycles. The molecule has 2 N–H and O–H groups in total. The second kappa shape index (κ2) is 7.29. The lowest BCUT2D eigenvalue weighted by atomic mass is 10.1. The van der Waals surface area contributed by atoms with E-state index in [1.165, 1.54) is 0 Å². The van der Waals surface area contributed by atoms with Crippen LogP contribution in [0.4, 0.5) is 37.7 Å². The number of nitrogens with two attached hydrogens (primary N) is 1. The summed E-state index contributed by atoms with van der Waals surface area (Å²) in [6, 6.07) is 7.08. The topological polar surface area (TPSA) is 63.4 Å². The molecule has 154 valence electrons. The number of hydrogen-bond donors (Lipinski definition) is 1. The maximum Gasteiger partial charge on any atom is 0.416 e. The first-order valence-corrected chi connectivity index (χ1v) is 8.93. The van der Waals surface area contributed by atoms with E-state index in [-0.39, 0.29) is 12.5 Å². The third-order valence-corrected chi connectivity index (χ3v) is 5.40. The van der Waals surface area contributed by atoms with E-state index in [2.05, 4.69) is 0 Å². The molecular formula is C18H12F6N2O2S. The van der Waals surface area contributed by atoms with Crippen molar-refractivity contribution in [2.75, 3.05) is 10.6 Å². The molecule has 0 spiro atoms. The maximum atomic E-state index is 13.1. The van der Waals surface area contributed by atoms with Crippen LogP contribution in [-0.2, 0) is 21.9 Å². The molecule has 4 nitrogen and oxygen atoms in total. The van der Waals surface area contributed by atoms with Gasteiger partial charge >= 0.3 is 12.4 Å². The first-order chi connectivity index (χ1) is 13.4. The normalized spacial score (nSPS) is 17.9. The van der Waals surface area contributed by atoms with Crippen molar-refractivity contribution >= 4 is 35.0 Å². The van der Waals surface area contributed by atoms with Gasteiger partial charge in [-0.15, -0.1) is 11.8 Å². The zero-order valence-corrected chi connectivity index (χ0v) is 15.2. The Balaban J connectivity index is 1.98. The lowest BCUT2D eigenvalue weighted by molar-refractivity contribution is -0.143. The SMILES string of the molecule is Nc1ccccc1S[C@H]1CC(=O)N(c2cc(C(F)(F)F)cc(C(F)(F)F)c2)C1=O. The molecule has 1 fully saturated rings. The second-order valence-corrected chi connectivity index (χ2v) is 7.42. The predicted octanol–water partition coefficient (Wildman–Crippen LogP) is 4.73. The molecule has 0 aliphatic carbocycles. The number of carbonyl (C=O) groups excluding carboxylic acids is 2. The van der Waals surface area contributed by atoms with E-state index >= 15 is 0 Å². The highest BCUT2D eigenvalue weighted by molar-refractivity contribution is 8.00. The third-order valence-electron chi connectivity index (χ3n) is 4.12. The van der Waals surface area contributed by atoms with Gasteiger partial charge in [-0.2, -0.15) is 26.3 Å². The summed E-state index contributed by atoms with van der Waals surface area (Å²) in [5.41, 5.74) is 2.13. The van der Waals surface area contributed by atoms with Crippen molar-refractivity contribution < 1.29 is 35.9 Å². The van der Waals surface area contributed by atoms with Gasteiger partial charge in [0.25, 0.3) is 0 Å². The summed E-state index contributed by atoms with van der Waals surface area (Å²) in [7, 11) is 0. The standard InChI is InChI=1S/C18H12F6N2O2S/c19-17(20,21)9-5-10(18(22,23)24)7-11(6-9)26-15(27)8-14(16(26)28)29-13-4-2-1-3-12(13)25/h1-7,14H,8,25H2/t14-/m0/s1. The molecule has 1 aliphatic rings. The van der Waals surface area contributed by atoms with Crippen LogP contribution in [0, 0.1) is 0 Å². The van der Waals surface area contributed by atoms with Gasteiger partial charge in [0.05, 0.1) is 22.1 Å². The zero-order valence-electron chi connectivity index (χ0n) is 14.3. The summed E-state index contributed by atoms with van der Waals surface area (Å²) in [6.45, 7) is 0. The van der Waals surface area contributed by atoms with Crippen molar-refractivity contribution in [3.05, 3.63) is 53.6 Å². The molecular weight excluding hydrogens is 422 g/mol. The van der Waals surface area contributed by atoms with Crippen LogP contribution in [0.3, 0.4) is 0 Å². The molecule has 2 aromatic rings. The number of halogens is 6. The average Bonchev–Trinajstić information content (AvgIpc) is 2.88. The van der Waals surface area contributed by atoms with Crippen LogP contribution in [0.25, 0.3) is 0 Å². The Bertz CT molecular complexity index is 941. The summed E-state index contributed by atoms with van der Waals surface area (Å²) in [6.07, 6.45) is -10.6. The van der Waals surface area contributed by atoms with Gasteiger partial charge in [-0.3, -0.25) is 9.59 Å². The molecule has 0 aromatic heterocycles. The van der Waals surface area contributed by atoms with E-state index in [0.29, 0.717) is 27.6 Å². The number of para-hydroxylation sites is 1. The first-order valence-electron chi connectivity index (χ1n) is 8.05. The Morgan fingerprint density at radius 2 is 1.48 bits per heavy atom. The highest BCUT2D eigenvalue weighted by Crippen LogP contribution is 2.41. The number of alkyl halides is 6. The highest BCUT2D eigenvalue weighted by Gasteiger charge is 2.43. The number of hydrogen-bond acceptors (Lipinski definition) is 4. The molecule has 1 atom stereocenters. The number of anilines is 2. The van der Waals surface area contributed by atoms with E-state index in [0.717, 1.165) is 11.8 Å². The molecule has 1 aliphatic heterocycles. The predicted molar refractivity (Wildman–Crippen MR) is 94.1 cm³/mol. The summed E-state index contributed by atoms with van der Waals surface area (Å²) in [5, 5.41) is -1.02. The summed E-state index contributed by atoms with van der Waals surface area (Å²) >= 11 is 0.926. The Morgan fingerprint density at radius 1 is 0.931 bits per heavy atom. The van der Waals surface area contributed by atoms with Crippen molar-refractivity contribution in [3.63, 3.8) is 0 Å². The zero-order chi connectivity index (χ0) is 21.6. The molecule has 0 bridgehead atoms. The number of carbonyl (C=O) groups is 2. The summed E-state index contributed by atoms with van der Waals surface area (Å²) < 4.78 is 78.3. The van der Waals surface area contributed by atoms with E-state index < -0.39 is 46.2 Å². The van der Waals surface area contributed by atoms with Crippen molar-refractivity contribution in [3.8, 4) is 0 Å². The average molecular weight is 434 g/mol. The Kier molecular flexibility index (Phi) is 5.28. The minimum atomic E-state index is -5.09. The molecule has 2 aromatic carbocycles. The van der Waals surface area contributed by atoms with Gasteiger partial charge in [0.1, 0.15) is 0 Å². The summed E-state index contributed by atoms with van der Waals surface area (Å²) in [4.78, 5) is 25.8. The Hall–Kier alpha value is -2.69. The van der Waals surface area contributed by atoms with E-state index in [1.807, 2.05) is 0 Å². The quantitative estimate of drug-likeness (QED) is 0.431. The molecule has 2 amide bonds. The van der Waals surface area contributed by atoms with Crippen LogP contribution < -0.4 is 10.6 Å². The number of benzene rings is 2. The fraction of sp³-hybridized carbons (Fsp3) is 0.222. The van der Waals surface area contributed by atoms with Crippen LogP contribution in [-0.4, -0.2) is 17.1 Å². The first kappa shape index (κ1) is 21.0. The second-order valence-electron chi connectivity index (χ2n) is 6.18. The molecule has 1 saturated heterocycles. The molecule has 3 rings (SSSR count). The van der Waals surface area contributed by atoms with E-state index in [1.54, 1.807) is 24.3 Å². The fourth-order valence-electron chi connectivity index (χ4n) is 2.78. The van der Waals surface area contributed by atoms with Gasteiger partial charge < -0.3 is 5.73 Å². The Labute approximate surface area is 164 Å². The van der Waals surface area contributed by atoms with Crippen LogP contribution in [0.15, 0.2) is 47.4 Å². The molecule has 1 heterocycles. The van der Waals surface area contributed by atoms with Crippen molar-refractivity contribution in [1.82, 2.24) is 0 Å². The van der Waals surface area contributed by atoms with Gasteiger partial charge in [-0.05, 0) is 30.3 Å². The summed E-state index contributed by atoms with van der Waals surface area (Å²) in [5.74, 6) is -1.80. The molecule has 29 heavy (non-hydrogen) atoms. The van der Waals surface area contributed by atoms with Gasteiger partial charge in [-0.25, -0.2) is 4.90 Å². The number of nitrogen functional groups attached to an aromatic ring is 1. The van der Waals surface area contributed by atoms with Crippen LogP contribution in [0.2, 0.25) is 0 Å². The van der Waals surface area contributed by atoms with E-state index in [9.17, 15) is 35.9 Å². The largest absolute Gasteiger partial charge is 0.416 e. The fourth-order valence-corrected chi connectivity index (χ4v) is 3.88. The van der Waals surface area contributed by atoms with Gasteiger partial charge in [0, 0.05) is 17.0 Å². The number of nitrogens with zero attached hydrogens (tertiary/aromatic N) is 1. The van der Waals surface area contributed by atoms with Gasteiger partial charge in [0.2, 0.25) is 11.8 Å². The Morgan fingerprint density at radius 3 is 2.00 bits per heavy atom. The minimum Gasteiger partial charge on any atom is -0.398 e. The highest BCUT2D eigenvalue weighted by atomic mass is 32.2. The lowest BCUT2D eigenvalue weighted by Crippen LogP contribution is -2.31. The van der Waals surface area contributed by atoms with Crippen molar-refractivity contribution in [2.45, 2.75) is 28.9 Å². The minimum absolute atomic E-state index is 0.0641. The van der Waals surface area contributed by atoms with Gasteiger partial charge in [0.15, 0.2) is 0 Å². The molecule has 11 heteroatoms. The third kappa shape index (κ3) is 4.34. The van der Waals surface area contributed by atoms with E-state index in [4.69, 9.17) is 5.73 Å². The smallest absolute Gasteiger partial charge is 0.398 e. The molecule has 0 unspecified atom stereocenters. The van der Waals surface area contributed by atoms with Crippen molar-refractivity contribution in [2.24, 2.45) is 0 Å². The monoisotopic (exact) mass is 434 g/mol. The van der Waals surface area contributed by atoms with Crippen LogP contribution in [0.1, 0.15) is 17.5 Å². The maximum absolute atomic E-state index is 13.1.